The van der Waals surface area contributed by atoms with Crippen molar-refractivity contribution in [2.75, 3.05) is 94.1 Å². The highest BCUT2D eigenvalue weighted by atomic mass is 16.5. The zero-order valence-electron chi connectivity index (χ0n) is 26.8. The van der Waals surface area contributed by atoms with E-state index in [2.05, 4.69) is 44.5 Å². The van der Waals surface area contributed by atoms with Crippen LogP contribution >= 0.6 is 0 Å². The summed E-state index contributed by atoms with van der Waals surface area (Å²) in [5, 5.41) is 6.95. The lowest BCUT2D eigenvalue weighted by molar-refractivity contribution is 0.0904. The van der Waals surface area contributed by atoms with Gasteiger partial charge in [0.2, 0.25) is 0 Å². The van der Waals surface area contributed by atoms with Crippen molar-refractivity contribution < 1.29 is 9.53 Å². The van der Waals surface area contributed by atoms with Crippen LogP contribution in [0.3, 0.4) is 0 Å². The molecular weight excluding hydrogens is 566 g/mol. The van der Waals surface area contributed by atoms with Crippen LogP contribution in [-0.4, -0.2) is 111 Å². The highest BCUT2D eigenvalue weighted by Gasteiger charge is 2.27. The molecular formula is C34H47N9O2. The van der Waals surface area contributed by atoms with Crippen molar-refractivity contribution in [3.8, 4) is 11.3 Å². The summed E-state index contributed by atoms with van der Waals surface area (Å²) in [5.74, 6) is 0.322. The van der Waals surface area contributed by atoms with E-state index in [9.17, 15) is 4.79 Å². The van der Waals surface area contributed by atoms with Crippen molar-refractivity contribution in [3.05, 3.63) is 54.2 Å². The van der Waals surface area contributed by atoms with Crippen LogP contribution < -0.4 is 26.2 Å². The molecule has 0 radical (unpaired) electrons. The van der Waals surface area contributed by atoms with E-state index in [-0.39, 0.29) is 11.7 Å². The number of piperidine rings is 1. The molecule has 45 heavy (non-hydrogen) atoms. The summed E-state index contributed by atoms with van der Waals surface area (Å²) in [7, 11) is 6.20. The maximum atomic E-state index is 12.7. The minimum absolute atomic E-state index is 0.104. The molecule has 1 aromatic heterocycles. The molecule has 6 rings (SSSR count). The Morgan fingerprint density at radius 2 is 1.62 bits per heavy atom. The Labute approximate surface area is 266 Å². The lowest BCUT2D eigenvalue weighted by Gasteiger charge is -2.42. The molecule has 3 fully saturated rings. The van der Waals surface area contributed by atoms with Gasteiger partial charge in [-0.25, -0.2) is 9.97 Å². The number of hydrogen-bond donors (Lipinski definition) is 3. The number of likely N-dealkylation sites (N-methyl/N-ethyl adjacent to an activating group) is 1. The van der Waals surface area contributed by atoms with E-state index in [0.717, 1.165) is 56.0 Å². The first kappa shape index (κ1) is 31.1. The fraction of sp³-hybridized carbons (Fsp3) is 0.500. The number of amides is 1. The smallest absolute Gasteiger partial charge is 0.271 e. The third-order valence-corrected chi connectivity index (χ3v) is 9.34. The largest absolute Gasteiger partial charge is 0.381 e. The van der Waals surface area contributed by atoms with Gasteiger partial charge < -0.3 is 35.8 Å². The zero-order chi connectivity index (χ0) is 31.3. The molecule has 3 aliphatic heterocycles. The van der Waals surface area contributed by atoms with Crippen LogP contribution in [0.2, 0.25) is 0 Å². The van der Waals surface area contributed by atoms with Crippen LogP contribution in [0, 0.1) is 0 Å². The number of primary amides is 1. The summed E-state index contributed by atoms with van der Waals surface area (Å²) < 4.78 is 5.58. The maximum Gasteiger partial charge on any atom is 0.271 e. The van der Waals surface area contributed by atoms with Gasteiger partial charge in [0.1, 0.15) is 5.69 Å². The highest BCUT2D eigenvalue weighted by Crippen LogP contribution is 2.33. The number of carbonyl (C=O) groups excluding carboxylic acids is 1. The average Bonchev–Trinajstić information content (AvgIpc) is 3.06. The monoisotopic (exact) mass is 613 g/mol. The van der Waals surface area contributed by atoms with Gasteiger partial charge in [-0.05, 0) is 69.1 Å². The number of nitrogens with two attached hydrogens (primary N) is 1. The number of piperazine rings is 1. The number of ether oxygens (including phenoxy) is 1. The quantitative estimate of drug-likeness (QED) is 0.329. The molecule has 4 heterocycles. The third-order valence-electron chi connectivity index (χ3n) is 9.34. The minimum Gasteiger partial charge on any atom is -0.381 e. The second kappa shape index (κ2) is 14.0. The average molecular weight is 614 g/mol. The number of aromatic nitrogens is 2. The molecule has 0 spiro atoms. The molecule has 0 bridgehead atoms. The van der Waals surface area contributed by atoms with Gasteiger partial charge in [0.05, 0.1) is 0 Å². The topological polar surface area (TPSA) is 115 Å². The van der Waals surface area contributed by atoms with Gasteiger partial charge in [-0.2, -0.15) is 0 Å². The van der Waals surface area contributed by atoms with E-state index < -0.39 is 5.91 Å². The predicted molar refractivity (Wildman–Crippen MR) is 182 cm³/mol. The van der Waals surface area contributed by atoms with Crippen molar-refractivity contribution >= 4 is 34.6 Å². The van der Waals surface area contributed by atoms with E-state index >= 15 is 0 Å². The molecule has 240 valence electrons. The summed E-state index contributed by atoms with van der Waals surface area (Å²) >= 11 is 0. The van der Waals surface area contributed by atoms with Crippen molar-refractivity contribution in [1.82, 2.24) is 19.8 Å². The Balaban J connectivity index is 1.21. The third kappa shape index (κ3) is 7.49. The SMILES string of the molecule is CN1CCN(C2CCN(c3ccc(Nc4nc(NC5CCOCC5)c(-c5cccc(N(C)C)c5)nc4C(N)=O)cc3)CC2)CC1. The summed E-state index contributed by atoms with van der Waals surface area (Å²) in [4.78, 5) is 32.1. The number of rotatable bonds is 9. The summed E-state index contributed by atoms with van der Waals surface area (Å²) in [5.41, 5.74) is 10.5. The first-order valence-corrected chi connectivity index (χ1v) is 16.2. The number of carbonyl (C=O) groups is 1. The van der Waals surface area contributed by atoms with Crippen molar-refractivity contribution in [2.24, 2.45) is 5.73 Å². The molecule has 0 atom stereocenters. The second-order valence-electron chi connectivity index (χ2n) is 12.7. The Kier molecular flexibility index (Phi) is 9.67. The van der Waals surface area contributed by atoms with Crippen LogP contribution in [-0.2, 0) is 4.74 Å². The molecule has 0 unspecified atom stereocenters. The number of hydrogen-bond acceptors (Lipinski definition) is 10. The van der Waals surface area contributed by atoms with Crippen molar-refractivity contribution in [3.63, 3.8) is 0 Å². The van der Waals surface area contributed by atoms with Crippen molar-refractivity contribution in [1.29, 1.82) is 0 Å². The van der Waals surface area contributed by atoms with Gasteiger partial charge in [0, 0.05) is 101 Å². The minimum atomic E-state index is -0.632. The van der Waals surface area contributed by atoms with E-state index in [1.54, 1.807) is 0 Å². The Morgan fingerprint density at radius 1 is 0.911 bits per heavy atom. The molecule has 3 saturated heterocycles. The molecule has 4 N–H and O–H groups in total. The summed E-state index contributed by atoms with van der Waals surface area (Å²) in [6.45, 7) is 8.17. The number of anilines is 5. The first-order valence-electron chi connectivity index (χ1n) is 16.2. The van der Waals surface area contributed by atoms with Crippen LogP contribution in [0.25, 0.3) is 11.3 Å². The molecule has 3 aromatic rings. The Hall–Kier alpha value is -3.93. The van der Waals surface area contributed by atoms with E-state index in [1.807, 2.05) is 55.4 Å². The predicted octanol–water partition coefficient (Wildman–Crippen LogP) is 3.86. The van der Waals surface area contributed by atoms with Gasteiger partial charge in [-0.15, -0.1) is 0 Å². The molecule has 3 aliphatic rings. The van der Waals surface area contributed by atoms with Crippen LogP contribution in [0.15, 0.2) is 48.5 Å². The number of nitrogens with zero attached hydrogens (tertiary/aromatic N) is 6. The molecule has 2 aromatic carbocycles. The molecule has 0 saturated carbocycles. The standard InChI is InChI=1S/C34H47N9O2/c1-40(2)29-6-4-5-24(23-29)30-33(37-26-13-21-45-22-14-26)39-34(31(38-30)32(35)44)36-25-7-9-27(10-8-25)42-15-11-28(12-16-42)43-19-17-41(3)18-20-43/h4-10,23,26,28H,11-22H2,1-3H3,(H2,35,44)(H2,36,37,39). The van der Waals surface area contributed by atoms with E-state index in [4.69, 9.17) is 20.4 Å². The number of nitrogens with one attached hydrogen (secondary N) is 2. The summed E-state index contributed by atoms with van der Waals surface area (Å²) in [6.07, 6.45) is 4.11. The second-order valence-corrected chi connectivity index (χ2v) is 12.7. The highest BCUT2D eigenvalue weighted by molar-refractivity contribution is 5.97. The lowest BCUT2D eigenvalue weighted by Crippen LogP contribution is -2.52. The Morgan fingerprint density at radius 3 is 2.29 bits per heavy atom. The summed E-state index contributed by atoms with van der Waals surface area (Å²) in [6, 6.07) is 17.3. The molecule has 0 aliphatic carbocycles. The lowest BCUT2D eigenvalue weighted by atomic mass is 10.0. The van der Waals surface area contributed by atoms with Crippen LogP contribution in [0.1, 0.15) is 36.2 Å². The maximum absolute atomic E-state index is 12.7. The van der Waals surface area contributed by atoms with Gasteiger partial charge in [0.25, 0.3) is 5.91 Å². The van der Waals surface area contributed by atoms with Crippen molar-refractivity contribution in [2.45, 2.75) is 37.8 Å². The van der Waals surface area contributed by atoms with E-state index in [0.29, 0.717) is 36.6 Å². The first-order chi connectivity index (χ1) is 21.8. The van der Waals surface area contributed by atoms with Gasteiger partial charge in [-0.1, -0.05) is 12.1 Å². The van der Waals surface area contributed by atoms with Crippen LogP contribution in [0.5, 0.6) is 0 Å². The van der Waals surface area contributed by atoms with Gasteiger partial charge in [-0.3, -0.25) is 9.69 Å². The Bertz CT molecular complexity index is 1440. The van der Waals surface area contributed by atoms with Gasteiger partial charge >= 0.3 is 0 Å². The zero-order valence-corrected chi connectivity index (χ0v) is 26.8. The molecule has 11 heteroatoms. The molecule has 11 nitrogen and oxygen atoms in total. The van der Waals surface area contributed by atoms with E-state index in [1.165, 1.54) is 31.6 Å². The van der Waals surface area contributed by atoms with Crippen LogP contribution in [0.4, 0.5) is 28.7 Å². The normalized spacial score (nSPS) is 19.0. The number of benzene rings is 2. The van der Waals surface area contributed by atoms with Gasteiger partial charge in [0.15, 0.2) is 17.3 Å². The molecule has 1 amide bonds. The fourth-order valence-electron chi connectivity index (χ4n) is 6.53. The fourth-order valence-corrected chi connectivity index (χ4v) is 6.53.